The highest BCUT2D eigenvalue weighted by molar-refractivity contribution is 6.35. The number of hydrogen-bond acceptors (Lipinski definition) is 5. The minimum Gasteiger partial charge on any atom is -0.464 e. The van der Waals surface area contributed by atoms with Crippen LogP contribution in [0.4, 0.5) is 5.69 Å². The van der Waals surface area contributed by atoms with Crippen molar-refractivity contribution in [2.24, 2.45) is 0 Å². The van der Waals surface area contributed by atoms with Gasteiger partial charge >= 0.3 is 5.97 Å². The fraction of sp³-hybridized carbons (Fsp3) is 0.214. The second-order valence-corrected chi connectivity index (χ2v) is 5.68. The summed E-state index contributed by atoms with van der Waals surface area (Å²) in [6.45, 7) is 1.88. The van der Waals surface area contributed by atoms with E-state index in [9.17, 15) is 4.79 Å². The summed E-state index contributed by atoms with van der Waals surface area (Å²) in [7, 11) is 1.27. The standard InChI is InChI=1S/C14H12Cl3N3O2/c1-7(9-4-3-8(15)5-10(9)16)18-11-6-12(17)19-20-13(11)14(21)22-2/h3-7H,1-2H3,(H,18,19)/t7-/m1/s1. The minimum atomic E-state index is -0.610. The van der Waals surface area contributed by atoms with Crippen molar-refractivity contribution < 1.29 is 9.53 Å². The molecule has 116 valence electrons. The van der Waals surface area contributed by atoms with Gasteiger partial charge in [0.2, 0.25) is 0 Å². The third-order valence-corrected chi connectivity index (χ3v) is 3.69. The molecule has 1 heterocycles. The molecule has 0 aliphatic heterocycles. The molecule has 0 amide bonds. The SMILES string of the molecule is COC(=O)c1nnc(Cl)cc1N[C@H](C)c1ccc(Cl)cc1Cl. The number of ether oxygens (including phenoxy) is 1. The molecule has 1 aromatic heterocycles. The van der Waals surface area contributed by atoms with E-state index in [2.05, 4.69) is 20.3 Å². The molecule has 0 saturated carbocycles. The summed E-state index contributed by atoms with van der Waals surface area (Å²) in [5.74, 6) is -0.610. The molecule has 0 fully saturated rings. The quantitative estimate of drug-likeness (QED) is 0.819. The van der Waals surface area contributed by atoms with E-state index in [1.165, 1.54) is 13.2 Å². The van der Waals surface area contributed by atoms with Gasteiger partial charge in [-0.1, -0.05) is 40.9 Å². The molecular weight excluding hydrogens is 349 g/mol. The Morgan fingerprint density at radius 2 is 1.95 bits per heavy atom. The molecule has 22 heavy (non-hydrogen) atoms. The van der Waals surface area contributed by atoms with Crippen LogP contribution in [0.5, 0.6) is 0 Å². The molecular formula is C14H12Cl3N3O2. The molecule has 1 N–H and O–H groups in total. The lowest BCUT2D eigenvalue weighted by molar-refractivity contribution is 0.0594. The van der Waals surface area contributed by atoms with Crippen LogP contribution in [0.1, 0.15) is 29.0 Å². The zero-order valence-corrected chi connectivity index (χ0v) is 14.0. The first-order valence-corrected chi connectivity index (χ1v) is 7.38. The van der Waals surface area contributed by atoms with Gasteiger partial charge in [0.05, 0.1) is 18.8 Å². The number of carbonyl (C=O) groups is 1. The maximum absolute atomic E-state index is 11.7. The Bertz CT molecular complexity index is 710. The summed E-state index contributed by atoms with van der Waals surface area (Å²) in [6, 6.07) is 6.47. The predicted molar refractivity (Wildman–Crippen MR) is 86.9 cm³/mol. The summed E-state index contributed by atoms with van der Waals surface area (Å²) in [5, 5.41) is 11.8. The van der Waals surface area contributed by atoms with Crippen molar-refractivity contribution >= 4 is 46.5 Å². The molecule has 0 aliphatic carbocycles. The highest BCUT2D eigenvalue weighted by atomic mass is 35.5. The van der Waals surface area contributed by atoms with E-state index >= 15 is 0 Å². The van der Waals surface area contributed by atoms with Crippen LogP contribution in [-0.4, -0.2) is 23.3 Å². The Morgan fingerprint density at radius 1 is 1.23 bits per heavy atom. The Hall–Kier alpha value is -1.56. The van der Waals surface area contributed by atoms with Crippen LogP contribution in [0.3, 0.4) is 0 Å². The normalized spacial score (nSPS) is 11.9. The average Bonchev–Trinajstić information content (AvgIpc) is 2.46. The van der Waals surface area contributed by atoms with Crippen molar-refractivity contribution in [1.82, 2.24) is 10.2 Å². The number of nitrogens with one attached hydrogen (secondary N) is 1. The van der Waals surface area contributed by atoms with Crippen LogP contribution in [0.15, 0.2) is 24.3 Å². The number of anilines is 1. The summed E-state index contributed by atoms with van der Waals surface area (Å²) in [6.07, 6.45) is 0. The number of hydrogen-bond donors (Lipinski definition) is 1. The highest BCUT2D eigenvalue weighted by Crippen LogP contribution is 2.29. The van der Waals surface area contributed by atoms with E-state index in [1.807, 2.05) is 6.92 Å². The van der Waals surface area contributed by atoms with E-state index < -0.39 is 5.97 Å². The Morgan fingerprint density at radius 3 is 2.59 bits per heavy atom. The smallest absolute Gasteiger partial charge is 0.360 e. The van der Waals surface area contributed by atoms with Gasteiger partial charge in [-0.3, -0.25) is 0 Å². The van der Waals surface area contributed by atoms with Crippen molar-refractivity contribution in [3.63, 3.8) is 0 Å². The monoisotopic (exact) mass is 359 g/mol. The van der Waals surface area contributed by atoms with Gasteiger partial charge in [-0.2, -0.15) is 0 Å². The number of carbonyl (C=O) groups excluding carboxylic acids is 1. The van der Waals surface area contributed by atoms with Gasteiger partial charge in [-0.25, -0.2) is 4.79 Å². The number of aromatic nitrogens is 2. The van der Waals surface area contributed by atoms with Gasteiger partial charge in [0.1, 0.15) is 0 Å². The van der Waals surface area contributed by atoms with Crippen molar-refractivity contribution in [3.8, 4) is 0 Å². The Labute approximate surface area is 142 Å². The highest BCUT2D eigenvalue weighted by Gasteiger charge is 2.18. The zero-order valence-electron chi connectivity index (χ0n) is 11.7. The van der Waals surface area contributed by atoms with Gasteiger partial charge in [0.15, 0.2) is 10.8 Å². The predicted octanol–water partition coefficient (Wildman–Crippen LogP) is 4.40. The molecule has 0 radical (unpaired) electrons. The van der Waals surface area contributed by atoms with Gasteiger partial charge in [-0.05, 0) is 24.6 Å². The van der Waals surface area contributed by atoms with Crippen LogP contribution in [-0.2, 0) is 4.74 Å². The van der Waals surface area contributed by atoms with Gasteiger partial charge in [-0.15, -0.1) is 10.2 Å². The molecule has 0 aliphatic rings. The summed E-state index contributed by atoms with van der Waals surface area (Å²) < 4.78 is 4.68. The lowest BCUT2D eigenvalue weighted by Crippen LogP contribution is -2.14. The molecule has 1 atom stereocenters. The first kappa shape index (κ1) is 16.8. The number of nitrogens with zero attached hydrogens (tertiary/aromatic N) is 2. The maximum Gasteiger partial charge on any atom is 0.360 e. The number of methoxy groups -OCH3 is 1. The molecule has 0 saturated heterocycles. The third-order valence-electron chi connectivity index (χ3n) is 2.94. The number of halogens is 3. The second kappa shape index (κ2) is 7.13. The molecule has 8 heteroatoms. The molecule has 0 unspecified atom stereocenters. The van der Waals surface area contributed by atoms with Crippen LogP contribution in [0.2, 0.25) is 15.2 Å². The number of esters is 1. The lowest BCUT2D eigenvalue weighted by atomic mass is 10.1. The van der Waals surface area contributed by atoms with E-state index in [0.717, 1.165) is 5.56 Å². The van der Waals surface area contributed by atoms with E-state index in [4.69, 9.17) is 34.8 Å². The summed E-state index contributed by atoms with van der Waals surface area (Å²) >= 11 is 17.9. The minimum absolute atomic E-state index is 0.0452. The lowest BCUT2D eigenvalue weighted by Gasteiger charge is -2.18. The van der Waals surface area contributed by atoms with Gasteiger partial charge in [0, 0.05) is 16.1 Å². The number of benzene rings is 1. The Balaban J connectivity index is 2.33. The van der Waals surface area contributed by atoms with E-state index in [1.54, 1.807) is 18.2 Å². The van der Waals surface area contributed by atoms with Crippen LogP contribution < -0.4 is 5.32 Å². The summed E-state index contributed by atoms with van der Waals surface area (Å²) in [5.41, 5.74) is 1.27. The Kier molecular flexibility index (Phi) is 5.45. The maximum atomic E-state index is 11.7. The third kappa shape index (κ3) is 3.80. The molecule has 0 spiro atoms. The average molecular weight is 361 g/mol. The molecule has 5 nitrogen and oxygen atoms in total. The second-order valence-electron chi connectivity index (χ2n) is 4.45. The summed E-state index contributed by atoms with van der Waals surface area (Å²) in [4.78, 5) is 11.7. The molecule has 1 aromatic carbocycles. The van der Waals surface area contributed by atoms with Crippen molar-refractivity contribution in [1.29, 1.82) is 0 Å². The topological polar surface area (TPSA) is 64.1 Å². The fourth-order valence-electron chi connectivity index (χ4n) is 1.89. The zero-order chi connectivity index (χ0) is 16.3. The van der Waals surface area contributed by atoms with Crippen molar-refractivity contribution in [2.75, 3.05) is 12.4 Å². The largest absolute Gasteiger partial charge is 0.464 e. The molecule has 2 rings (SSSR count). The molecule has 2 aromatic rings. The van der Waals surface area contributed by atoms with Crippen LogP contribution in [0, 0.1) is 0 Å². The van der Waals surface area contributed by atoms with Gasteiger partial charge in [0.25, 0.3) is 0 Å². The van der Waals surface area contributed by atoms with Crippen molar-refractivity contribution in [2.45, 2.75) is 13.0 Å². The first-order valence-electron chi connectivity index (χ1n) is 6.25. The van der Waals surface area contributed by atoms with Crippen LogP contribution >= 0.6 is 34.8 Å². The van der Waals surface area contributed by atoms with E-state index in [-0.39, 0.29) is 16.9 Å². The van der Waals surface area contributed by atoms with E-state index in [0.29, 0.717) is 15.7 Å². The van der Waals surface area contributed by atoms with Gasteiger partial charge < -0.3 is 10.1 Å². The first-order chi connectivity index (χ1) is 10.4. The number of rotatable bonds is 4. The fourth-order valence-corrected chi connectivity index (χ4v) is 2.61. The van der Waals surface area contributed by atoms with Crippen LogP contribution in [0.25, 0.3) is 0 Å². The molecule has 0 bridgehead atoms. The van der Waals surface area contributed by atoms with Crippen molar-refractivity contribution in [3.05, 3.63) is 50.7 Å².